The van der Waals surface area contributed by atoms with Gasteiger partial charge in [0.05, 0.1) is 16.5 Å². The van der Waals surface area contributed by atoms with Crippen molar-refractivity contribution < 1.29 is 8.42 Å². The van der Waals surface area contributed by atoms with Crippen LogP contribution in [0.5, 0.6) is 0 Å². The van der Waals surface area contributed by atoms with Crippen molar-refractivity contribution >= 4 is 10.0 Å². The van der Waals surface area contributed by atoms with Crippen LogP contribution >= 0.6 is 0 Å². The molecular formula is C17H22N2O2S. The van der Waals surface area contributed by atoms with E-state index in [9.17, 15) is 8.42 Å². The van der Waals surface area contributed by atoms with Crippen LogP contribution in [0.25, 0.3) is 0 Å². The van der Waals surface area contributed by atoms with E-state index in [1.165, 1.54) is 31.7 Å². The molecule has 0 amide bonds. The van der Waals surface area contributed by atoms with E-state index in [2.05, 4.69) is 4.72 Å². The number of sulfonamides is 1. The molecule has 0 spiro atoms. The summed E-state index contributed by atoms with van der Waals surface area (Å²) in [5.41, 5.74) is 0.374. The highest BCUT2D eigenvalue weighted by Gasteiger charge is 2.33. The van der Waals surface area contributed by atoms with Gasteiger partial charge in [0.25, 0.3) is 0 Å². The zero-order valence-electron chi connectivity index (χ0n) is 12.7. The smallest absolute Gasteiger partial charge is 0.208 e. The van der Waals surface area contributed by atoms with Gasteiger partial charge in [-0.3, -0.25) is 0 Å². The number of benzene rings is 1. The summed E-state index contributed by atoms with van der Waals surface area (Å²) >= 11 is 0. The minimum Gasteiger partial charge on any atom is -0.208 e. The Kier molecular flexibility index (Phi) is 4.51. The number of nitrogens with zero attached hydrogens (tertiary/aromatic N) is 1. The van der Waals surface area contributed by atoms with Gasteiger partial charge in [-0.25, -0.2) is 13.1 Å². The van der Waals surface area contributed by atoms with Gasteiger partial charge in [-0.1, -0.05) is 31.7 Å². The molecule has 0 aliphatic heterocycles. The summed E-state index contributed by atoms with van der Waals surface area (Å²) in [5.74, 6) is 1.48. The minimum atomic E-state index is -3.53. The standard InChI is InChI=1S/C17H22N2O2S/c18-12-13-4-3-7-17(10-13)22(20,21)19-16-9-8-14-5-1-2-6-15(14)11-16/h3-4,7,10,14-16,19H,1-2,5-6,8-9,11H2/t14-,15+,16-/m1/s1. The largest absolute Gasteiger partial charge is 0.240 e. The lowest BCUT2D eigenvalue weighted by Gasteiger charge is -2.39. The molecule has 5 heteroatoms. The van der Waals surface area contributed by atoms with Crippen LogP contribution in [-0.4, -0.2) is 14.5 Å². The van der Waals surface area contributed by atoms with Crippen LogP contribution in [0.4, 0.5) is 0 Å². The Morgan fingerprint density at radius 1 is 1.09 bits per heavy atom. The number of fused-ring (bicyclic) bond motifs is 1. The number of nitriles is 1. The molecule has 2 fully saturated rings. The van der Waals surface area contributed by atoms with E-state index in [0.717, 1.165) is 25.2 Å². The molecule has 2 aliphatic carbocycles. The topological polar surface area (TPSA) is 70.0 Å². The number of rotatable bonds is 3. The van der Waals surface area contributed by atoms with Crippen molar-refractivity contribution in [2.75, 3.05) is 0 Å². The van der Waals surface area contributed by atoms with E-state index in [0.29, 0.717) is 11.5 Å². The van der Waals surface area contributed by atoms with E-state index >= 15 is 0 Å². The van der Waals surface area contributed by atoms with Crippen molar-refractivity contribution in [2.24, 2.45) is 11.8 Å². The monoisotopic (exact) mass is 318 g/mol. The molecule has 1 N–H and O–H groups in total. The fraction of sp³-hybridized carbons (Fsp3) is 0.588. The first kappa shape index (κ1) is 15.5. The third-order valence-corrected chi connectivity index (χ3v) is 6.65. The first-order chi connectivity index (χ1) is 10.6. The molecule has 3 atom stereocenters. The first-order valence-electron chi connectivity index (χ1n) is 8.11. The predicted molar refractivity (Wildman–Crippen MR) is 84.6 cm³/mol. The lowest BCUT2D eigenvalue weighted by molar-refractivity contribution is 0.152. The van der Waals surface area contributed by atoms with Gasteiger partial charge in [-0.15, -0.1) is 0 Å². The summed E-state index contributed by atoms with van der Waals surface area (Å²) in [5, 5.41) is 8.91. The molecule has 0 heterocycles. The number of hydrogen-bond donors (Lipinski definition) is 1. The number of hydrogen-bond acceptors (Lipinski definition) is 3. The predicted octanol–water partition coefficient (Wildman–Crippen LogP) is 3.20. The average molecular weight is 318 g/mol. The van der Waals surface area contributed by atoms with Crippen LogP contribution in [0.15, 0.2) is 29.2 Å². The summed E-state index contributed by atoms with van der Waals surface area (Å²) in [4.78, 5) is 0.192. The van der Waals surface area contributed by atoms with Gasteiger partial charge in [-0.2, -0.15) is 5.26 Å². The average Bonchev–Trinajstić information content (AvgIpc) is 2.54. The van der Waals surface area contributed by atoms with Crippen LogP contribution in [-0.2, 0) is 10.0 Å². The highest BCUT2D eigenvalue weighted by atomic mass is 32.2. The zero-order chi connectivity index (χ0) is 15.6. The van der Waals surface area contributed by atoms with Gasteiger partial charge in [0.2, 0.25) is 10.0 Å². The molecule has 22 heavy (non-hydrogen) atoms. The van der Waals surface area contributed by atoms with E-state index < -0.39 is 10.0 Å². The molecule has 0 bridgehead atoms. The molecule has 2 aliphatic rings. The Hall–Kier alpha value is -1.38. The summed E-state index contributed by atoms with van der Waals surface area (Å²) in [7, 11) is -3.53. The summed E-state index contributed by atoms with van der Waals surface area (Å²) in [6.45, 7) is 0. The molecule has 118 valence electrons. The van der Waals surface area contributed by atoms with E-state index in [1.807, 2.05) is 6.07 Å². The first-order valence-corrected chi connectivity index (χ1v) is 9.59. The molecule has 1 aromatic rings. The van der Waals surface area contributed by atoms with Gasteiger partial charge in [0.1, 0.15) is 0 Å². The summed E-state index contributed by atoms with van der Waals surface area (Å²) in [6, 6.07) is 8.25. The van der Waals surface area contributed by atoms with Crippen LogP contribution in [0.1, 0.15) is 50.5 Å². The maximum Gasteiger partial charge on any atom is 0.240 e. The van der Waals surface area contributed by atoms with Crippen molar-refractivity contribution in [1.29, 1.82) is 5.26 Å². The quantitative estimate of drug-likeness (QED) is 0.930. The lowest BCUT2D eigenvalue weighted by Crippen LogP contribution is -2.41. The molecule has 2 saturated carbocycles. The van der Waals surface area contributed by atoms with Crippen LogP contribution in [0.2, 0.25) is 0 Å². The van der Waals surface area contributed by atoms with Crippen LogP contribution in [0, 0.1) is 23.2 Å². The molecule has 4 nitrogen and oxygen atoms in total. The van der Waals surface area contributed by atoms with Crippen LogP contribution < -0.4 is 4.72 Å². The second-order valence-electron chi connectivity index (χ2n) is 6.58. The van der Waals surface area contributed by atoms with Gasteiger partial charge in [-0.05, 0) is 49.3 Å². The highest BCUT2D eigenvalue weighted by molar-refractivity contribution is 7.89. The summed E-state index contributed by atoms with van der Waals surface area (Å²) in [6.07, 6.45) is 8.20. The zero-order valence-corrected chi connectivity index (χ0v) is 13.5. The molecule has 1 aromatic carbocycles. The van der Waals surface area contributed by atoms with Crippen molar-refractivity contribution in [2.45, 2.75) is 55.9 Å². The van der Waals surface area contributed by atoms with Crippen molar-refractivity contribution in [1.82, 2.24) is 4.72 Å². The van der Waals surface area contributed by atoms with Crippen molar-refractivity contribution in [3.63, 3.8) is 0 Å². The fourth-order valence-electron chi connectivity index (χ4n) is 4.00. The number of nitrogens with one attached hydrogen (secondary N) is 1. The Labute approximate surface area is 132 Å². The maximum absolute atomic E-state index is 12.5. The third kappa shape index (κ3) is 3.34. The summed E-state index contributed by atoms with van der Waals surface area (Å²) < 4.78 is 27.9. The fourth-order valence-corrected chi connectivity index (χ4v) is 5.33. The normalized spacial score (nSPS) is 28.6. The second kappa shape index (κ2) is 6.39. The van der Waals surface area contributed by atoms with E-state index in [-0.39, 0.29) is 10.9 Å². The maximum atomic E-state index is 12.5. The van der Waals surface area contributed by atoms with Gasteiger partial charge in [0.15, 0.2) is 0 Å². The molecule has 0 saturated heterocycles. The van der Waals surface area contributed by atoms with Crippen molar-refractivity contribution in [3.8, 4) is 6.07 Å². The van der Waals surface area contributed by atoms with Crippen LogP contribution in [0.3, 0.4) is 0 Å². The molecule has 0 radical (unpaired) electrons. The van der Waals surface area contributed by atoms with Gasteiger partial charge >= 0.3 is 0 Å². The Balaban J connectivity index is 1.70. The Morgan fingerprint density at radius 2 is 1.86 bits per heavy atom. The molecule has 0 unspecified atom stereocenters. The van der Waals surface area contributed by atoms with Gasteiger partial charge < -0.3 is 0 Å². The highest BCUT2D eigenvalue weighted by Crippen LogP contribution is 2.40. The minimum absolute atomic E-state index is 0.0371. The SMILES string of the molecule is N#Cc1cccc(S(=O)(=O)N[C@@H]2CC[C@H]3CCCC[C@H]3C2)c1. The molecule has 3 rings (SSSR count). The third-order valence-electron chi connectivity index (χ3n) is 5.13. The molecular weight excluding hydrogens is 296 g/mol. The molecule has 0 aromatic heterocycles. The Morgan fingerprint density at radius 3 is 2.64 bits per heavy atom. The van der Waals surface area contributed by atoms with Crippen molar-refractivity contribution in [3.05, 3.63) is 29.8 Å². The van der Waals surface area contributed by atoms with Gasteiger partial charge in [0, 0.05) is 6.04 Å². The van der Waals surface area contributed by atoms with E-state index in [4.69, 9.17) is 5.26 Å². The Bertz CT molecular complexity index is 678. The van der Waals surface area contributed by atoms with E-state index in [1.54, 1.807) is 18.2 Å². The second-order valence-corrected chi connectivity index (χ2v) is 8.29. The lowest BCUT2D eigenvalue weighted by atomic mass is 9.70.